The summed E-state index contributed by atoms with van der Waals surface area (Å²) in [6.45, 7) is 2.76. The number of β-amino-alcohol motifs (C(OH)–C–C–N with tert-alkyl or cyclic N) is 1. The van der Waals surface area contributed by atoms with Crippen LogP contribution in [0, 0.1) is 0 Å². The fourth-order valence-corrected chi connectivity index (χ4v) is 4.65. The standard InChI is InChI=1S/C25H29N3O3.ClH/c29-22(17-30-23-10-9-18-7-4-8-21(18)15-23)16-28-13-11-20(12-14-28)25-26-24(27-31-25)19-5-2-1-3-6-19;/h1-3,5-6,9-10,15,20,22,29H,4,7-8,11-14,16-17H2;1H. The van der Waals surface area contributed by atoms with Crippen molar-refractivity contribution in [3.8, 4) is 17.1 Å². The molecule has 0 saturated carbocycles. The number of piperidine rings is 1. The molecular weight excluding hydrogens is 426 g/mol. The van der Waals surface area contributed by atoms with Crippen LogP contribution in [0.15, 0.2) is 53.1 Å². The van der Waals surface area contributed by atoms with Crippen molar-refractivity contribution in [2.24, 2.45) is 0 Å². The first-order chi connectivity index (χ1) is 15.2. The smallest absolute Gasteiger partial charge is 0.230 e. The first-order valence-electron chi connectivity index (χ1n) is 11.3. The molecule has 0 radical (unpaired) electrons. The van der Waals surface area contributed by atoms with Gasteiger partial charge in [-0.05, 0) is 68.5 Å². The molecule has 1 aliphatic carbocycles. The number of fused-ring (bicyclic) bond motifs is 1. The highest BCUT2D eigenvalue weighted by Gasteiger charge is 2.26. The predicted molar refractivity (Wildman–Crippen MR) is 125 cm³/mol. The maximum absolute atomic E-state index is 10.5. The fraction of sp³-hybridized carbons (Fsp3) is 0.440. The number of likely N-dealkylation sites (tertiary alicyclic amines) is 1. The Bertz CT molecular complexity index is 1000. The maximum atomic E-state index is 10.5. The van der Waals surface area contributed by atoms with Gasteiger partial charge in [0.05, 0.1) is 0 Å². The van der Waals surface area contributed by atoms with Crippen LogP contribution < -0.4 is 4.74 Å². The number of ether oxygens (including phenoxy) is 1. The third kappa shape index (κ3) is 5.31. The molecule has 2 aliphatic rings. The Hall–Kier alpha value is -2.41. The Morgan fingerprint density at radius 3 is 2.66 bits per heavy atom. The topological polar surface area (TPSA) is 71.6 Å². The third-order valence-corrected chi connectivity index (χ3v) is 6.39. The lowest BCUT2D eigenvalue weighted by molar-refractivity contribution is 0.0579. The van der Waals surface area contributed by atoms with Gasteiger partial charge < -0.3 is 19.3 Å². The van der Waals surface area contributed by atoms with Gasteiger partial charge in [-0.25, -0.2) is 0 Å². The van der Waals surface area contributed by atoms with Crippen LogP contribution in [-0.4, -0.2) is 52.5 Å². The van der Waals surface area contributed by atoms with Crippen LogP contribution in [-0.2, 0) is 12.8 Å². The summed E-state index contributed by atoms with van der Waals surface area (Å²) >= 11 is 0. The first-order valence-corrected chi connectivity index (χ1v) is 11.3. The second kappa shape index (κ2) is 10.5. The van der Waals surface area contributed by atoms with Crippen LogP contribution in [0.4, 0.5) is 0 Å². The number of nitrogens with zero attached hydrogens (tertiary/aromatic N) is 3. The SMILES string of the molecule is Cl.OC(COc1ccc2c(c1)CCC2)CN1CCC(c2nc(-c3ccccc3)no2)CC1. The molecule has 1 aromatic heterocycles. The number of aromatic nitrogens is 2. The molecule has 2 heterocycles. The monoisotopic (exact) mass is 455 g/mol. The number of aliphatic hydroxyl groups excluding tert-OH is 1. The first kappa shape index (κ1) is 22.8. The molecule has 1 unspecified atom stereocenters. The van der Waals surface area contributed by atoms with Crippen molar-refractivity contribution in [2.45, 2.75) is 44.1 Å². The van der Waals surface area contributed by atoms with Gasteiger partial charge in [0.25, 0.3) is 0 Å². The average Bonchev–Trinajstić information content (AvgIpc) is 3.48. The maximum Gasteiger partial charge on any atom is 0.230 e. The second-order valence-electron chi connectivity index (χ2n) is 8.65. The number of benzene rings is 2. The summed E-state index contributed by atoms with van der Waals surface area (Å²) in [6, 6.07) is 16.2. The number of aliphatic hydroxyl groups is 1. The van der Waals surface area contributed by atoms with Crippen LogP contribution in [0.1, 0.15) is 42.2 Å². The highest BCUT2D eigenvalue weighted by atomic mass is 35.5. The number of halogens is 1. The normalized spacial score (nSPS) is 17.5. The van der Waals surface area contributed by atoms with E-state index in [0.29, 0.717) is 19.0 Å². The van der Waals surface area contributed by atoms with E-state index in [1.807, 2.05) is 36.4 Å². The van der Waals surface area contributed by atoms with Crippen LogP contribution in [0.25, 0.3) is 11.4 Å². The van der Waals surface area contributed by atoms with Crippen LogP contribution in [0.5, 0.6) is 5.75 Å². The number of hydrogen-bond donors (Lipinski definition) is 1. The number of hydrogen-bond acceptors (Lipinski definition) is 6. The van der Waals surface area contributed by atoms with E-state index < -0.39 is 6.10 Å². The zero-order chi connectivity index (χ0) is 21.0. The molecule has 0 amide bonds. The summed E-state index contributed by atoms with van der Waals surface area (Å²) < 4.78 is 11.4. The summed E-state index contributed by atoms with van der Waals surface area (Å²) in [7, 11) is 0. The highest BCUT2D eigenvalue weighted by Crippen LogP contribution is 2.29. The summed E-state index contributed by atoms with van der Waals surface area (Å²) in [6.07, 6.45) is 4.94. The Labute approximate surface area is 195 Å². The Morgan fingerprint density at radius 2 is 1.84 bits per heavy atom. The van der Waals surface area contributed by atoms with Crippen molar-refractivity contribution < 1.29 is 14.4 Å². The lowest BCUT2D eigenvalue weighted by Gasteiger charge is -2.31. The van der Waals surface area contributed by atoms with E-state index in [0.717, 1.165) is 49.6 Å². The highest BCUT2D eigenvalue weighted by molar-refractivity contribution is 5.85. The van der Waals surface area contributed by atoms with Gasteiger partial charge in [0.2, 0.25) is 11.7 Å². The number of rotatable bonds is 7. The minimum absolute atomic E-state index is 0. The molecular formula is C25H30ClN3O3. The van der Waals surface area contributed by atoms with E-state index in [1.165, 1.54) is 24.0 Å². The summed E-state index contributed by atoms with van der Waals surface area (Å²) in [4.78, 5) is 6.91. The molecule has 1 N–H and O–H groups in total. The minimum atomic E-state index is -0.502. The van der Waals surface area contributed by atoms with E-state index in [1.54, 1.807) is 0 Å². The summed E-state index contributed by atoms with van der Waals surface area (Å²) in [5, 5.41) is 14.6. The molecule has 1 fully saturated rings. The van der Waals surface area contributed by atoms with Gasteiger partial charge in [0, 0.05) is 18.0 Å². The van der Waals surface area contributed by atoms with Crippen LogP contribution >= 0.6 is 12.4 Å². The largest absolute Gasteiger partial charge is 0.491 e. The average molecular weight is 456 g/mol. The van der Waals surface area contributed by atoms with Gasteiger partial charge in [0.1, 0.15) is 18.5 Å². The zero-order valence-corrected chi connectivity index (χ0v) is 19.0. The molecule has 3 aromatic rings. The van der Waals surface area contributed by atoms with E-state index in [-0.39, 0.29) is 18.3 Å². The van der Waals surface area contributed by atoms with Crippen LogP contribution in [0.2, 0.25) is 0 Å². The Balaban J connectivity index is 0.00000245. The van der Waals surface area contributed by atoms with Gasteiger partial charge >= 0.3 is 0 Å². The zero-order valence-electron chi connectivity index (χ0n) is 18.2. The van der Waals surface area contributed by atoms with E-state index in [4.69, 9.17) is 9.26 Å². The van der Waals surface area contributed by atoms with Crippen molar-refractivity contribution in [1.29, 1.82) is 0 Å². The van der Waals surface area contributed by atoms with Crippen molar-refractivity contribution in [3.63, 3.8) is 0 Å². The number of aryl methyl sites for hydroxylation is 2. The third-order valence-electron chi connectivity index (χ3n) is 6.39. The molecule has 32 heavy (non-hydrogen) atoms. The molecule has 0 spiro atoms. The van der Waals surface area contributed by atoms with Crippen molar-refractivity contribution >= 4 is 12.4 Å². The minimum Gasteiger partial charge on any atom is -0.491 e. The molecule has 170 valence electrons. The molecule has 2 aromatic carbocycles. The molecule has 1 saturated heterocycles. The molecule has 6 nitrogen and oxygen atoms in total. The Kier molecular flexibility index (Phi) is 7.45. The van der Waals surface area contributed by atoms with Gasteiger partial charge in [-0.3, -0.25) is 0 Å². The molecule has 5 rings (SSSR count). The predicted octanol–water partition coefficient (Wildman–Crippen LogP) is 4.27. The van der Waals surface area contributed by atoms with Crippen molar-refractivity contribution in [1.82, 2.24) is 15.0 Å². The van der Waals surface area contributed by atoms with Crippen LogP contribution in [0.3, 0.4) is 0 Å². The van der Waals surface area contributed by atoms with Crippen molar-refractivity contribution in [2.75, 3.05) is 26.2 Å². The fourth-order valence-electron chi connectivity index (χ4n) is 4.65. The quantitative estimate of drug-likeness (QED) is 0.573. The van der Waals surface area contributed by atoms with Gasteiger partial charge in [0.15, 0.2) is 0 Å². The molecule has 0 bridgehead atoms. The van der Waals surface area contributed by atoms with E-state index in [9.17, 15) is 5.11 Å². The lowest BCUT2D eigenvalue weighted by Crippen LogP contribution is -2.40. The Morgan fingerprint density at radius 1 is 1.06 bits per heavy atom. The van der Waals surface area contributed by atoms with Crippen molar-refractivity contribution in [3.05, 3.63) is 65.5 Å². The van der Waals surface area contributed by atoms with E-state index >= 15 is 0 Å². The van der Waals surface area contributed by atoms with E-state index in [2.05, 4.69) is 27.2 Å². The van der Waals surface area contributed by atoms with Gasteiger partial charge in [-0.1, -0.05) is 41.6 Å². The molecule has 1 aliphatic heterocycles. The summed E-state index contributed by atoms with van der Waals surface area (Å²) in [5.41, 5.74) is 3.81. The molecule has 1 atom stereocenters. The van der Waals surface area contributed by atoms with Gasteiger partial charge in [-0.15, -0.1) is 12.4 Å². The lowest BCUT2D eigenvalue weighted by atomic mass is 9.96. The second-order valence-corrected chi connectivity index (χ2v) is 8.65. The summed E-state index contributed by atoms with van der Waals surface area (Å²) in [5.74, 6) is 2.51. The van der Waals surface area contributed by atoms with Gasteiger partial charge in [-0.2, -0.15) is 4.98 Å². The molecule has 7 heteroatoms.